The number of nitrogens with two attached hydrogens (primary N) is 1. The lowest BCUT2D eigenvalue weighted by Crippen LogP contribution is -2.08. The Kier molecular flexibility index (Phi) is 3.88. The van der Waals surface area contributed by atoms with Crippen molar-refractivity contribution in [1.82, 2.24) is 0 Å². The van der Waals surface area contributed by atoms with Crippen LogP contribution in [0, 0.1) is 6.07 Å². The molecular formula is C15H14F3N2. The van der Waals surface area contributed by atoms with Crippen molar-refractivity contribution in [3.05, 3.63) is 59.7 Å². The van der Waals surface area contributed by atoms with Gasteiger partial charge < -0.3 is 11.1 Å². The lowest BCUT2D eigenvalue weighted by atomic mass is 10.1. The first-order chi connectivity index (χ1) is 9.36. The van der Waals surface area contributed by atoms with Crippen LogP contribution in [0.4, 0.5) is 24.5 Å². The van der Waals surface area contributed by atoms with E-state index in [-0.39, 0.29) is 6.04 Å². The van der Waals surface area contributed by atoms with Gasteiger partial charge in [0.05, 0.1) is 5.56 Å². The highest BCUT2D eigenvalue weighted by Crippen LogP contribution is 2.30. The van der Waals surface area contributed by atoms with E-state index in [1.165, 1.54) is 12.1 Å². The molecular weight excluding hydrogens is 265 g/mol. The summed E-state index contributed by atoms with van der Waals surface area (Å²) in [6.07, 6.45) is -4.31. The maximum atomic E-state index is 12.5. The number of nitrogen functional groups attached to an aromatic ring is 1. The molecule has 1 radical (unpaired) electrons. The number of halogens is 3. The Hall–Kier alpha value is -2.17. The fourth-order valence-electron chi connectivity index (χ4n) is 1.86. The highest BCUT2D eigenvalue weighted by atomic mass is 19.4. The van der Waals surface area contributed by atoms with E-state index in [1.54, 1.807) is 12.1 Å². The highest BCUT2D eigenvalue weighted by Gasteiger charge is 2.29. The first-order valence-corrected chi connectivity index (χ1v) is 6.07. The van der Waals surface area contributed by atoms with Crippen molar-refractivity contribution in [1.29, 1.82) is 0 Å². The van der Waals surface area contributed by atoms with Gasteiger partial charge in [-0.25, -0.2) is 0 Å². The second-order valence-corrected chi connectivity index (χ2v) is 4.52. The van der Waals surface area contributed by atoms with Crippen molar-refractivity contribution in [2.24, 2.45) is 0 Å². The van der Waals surface area contributed by atoms with E-state index in [0.29, 0.717) is 11.4 Å². The number of hydrogen-bond donors (Lipinski definition) is 2. The average Bonchev–Trinajstić information content (AvgIpc) is 2.38. The zero-order chi connectivity index (χ0) is 14.8. The zero-order valence-corrected chi connectivity index (χ0v) is 10.8. The Labute approximate surface area is 115 Å². The van der Waals surface area contributed by atoms with Crippen molar-refractivity contribution in [3.8, 4) is 0 Å². The van der Waals surface area contributed by atoms with E-state index < -0.39 is 11.7 Å². The van der Waals surface area contributed by atoms with Crippen LogP contribution in [-0.4, -0.2) is 0 Å². The van der Waals surface area contributed by atoms with Crippen molar-refractivity contribution >= 4 is 11.4 Å². The van der Waals surface area contributed by atoms with Crippen molar-refractivity contribution in [2.45, 2.75) is 19.1 Å². The predicted molar refractivity (Wildman–Crippen MR) is 73.2 cm³/mol. The third-order valence-corrected chi connectivity index (χ3v) is 2.94. The summed E-state index contributed by atoms with van der Waals surface area (Å²) >= 11 is 0. The van der Waals surface area contributed by atoms with Gasteiger partial charge in [0.15, 0.2) is 0 Å². The summed E-state index contributed by atoms with van der Waals surface area (Å²) in [6, 6.07) is 13.1. The number of hydrogen-bond acceptors (Lipinski definition) is 2. The molecule has 1 unspecified atom stereocenters. The van der Waals surface area contributed by atoms with Gasteiger partial charge in [0, 0.05) is 23.5 Å². The zero-order valence-electron chi connectivity index (χ0n) is 10.8. The minimum Gasteiger partial charge on any atom is -0.398 e. The van der Waals surface area contributed by atoms with E-state index in [1.807, 2.05) is 13.0 Å². The molecule has 0 fully saturated rings. The van der Waals surface area contributed by atoms with E-state index in [0.717, 1.165) is 17.7 Å². The molecule has 105 valence electrons. The lowest BCUT2D eigenvalue weighted by Gasteiger charge is -2.16. The third-order valence-electron chi connectivity index (χ3n) is 2.94. The molecule has 2 rings (SSSR count). The fourth-order valence-corrected chi connectivity index (χ4v) is 1.86. The van der Waals surface area contributed by atoms with Gasteiger partial charge in [-0.2, -0.15) is 13.2 Å². The monoisotopic (exact) mass is 279 g/mol. The molecule has 0 aliphatic rings. The van der Waals surface area contributed by atoms with Crippen LogP contribution in [0.1, 0.15) is 24.1 Å². The van der Waals surface area contributed by atoms with Crippen LogP contribution in [0.15, 0.2) is 42.5 Å². The van der Waals surface area contributed by atoms with E-state index in [2.05, 4.69) is 11.4 Å². The first-order valence-electron chi connectivity index (χ1n) is 6.07. The minimum atomic E-state index is -4.31. The van der Waals surface area contributed by atoms with Gasteiger partial charge in [-0.05, 0) is 42.8 Å². The molecule has 20 heavy (non-hydrogen) atoms. The summed E-state index contributed by atoms with van der Waals surface area (Å²) in [6.45, 7) is 1.91. The quantitative estimate of drug-likeness (QED) is 0.824. The predicted octanol–water partition coefficient (Wildman–Crippen LogP) is 4.26. The number of rotatable bonds is 3. The molecule has 0 aliphatic carbocycles. The Balaban J connectivity index is 2.10. The van der Waals surface area contributed by atoms with Crippen LogP contribution in [0.2, 0.25) is 0 Å². The Morgan fingerprint density at radius 2 is 1.80 bits per heavy atom. The van der Waals surface area contributed by atoms with Gasteiger partial charge in [0.25, 0.3) is 0 Å². The van der Waals surface area contributed by atoms with E-state index in [4.69, 9.17) is 5.73 Å². The molecule has 1 atom stereocenters. The number of benzene rings is 2. The Morgan fingerprint density at radius 1 is 1.15 bits per heavy atom. The second-order valence-electron chi connectivity index (χ2n) is 4.52. The molecule has 2 aromatic rings. The van der Waals surface area contributed by atoms with Gasteiger partial charge in [-0.1, -0.05) is 12.1 Å². The molecule has 0 amide bonds. The van der Waals surface area contributed by atoms with Crippen LogP contribution in [0.3, 0.4) is 0 Å². The molecule has 0 bridgehead atoms. The smallest absolute Gasteiger partial charge is 0.398 e. The molecule has 0 aliphatic heterocycles. The largest absolute Gasteiger partial charge is 0.416 e. The summed E-state index contributed by atoms with van der Waals surface area (Å²) in [5, 5.41) is 3.13. The normalized spacial score (nSPS) is 13.0. The lowest BCUT2D eigenvalue weighted by molar-refractivity contribution is -0.137. The first kappa shape index (κ1) is 14.2. The molecule has 0 heterocycles. The molecule has 0 spiro atoms. The SMILES string of the molecule is CC(Nc1ccc(C(F)(F)F)cc1)c1cc[c]c(N)c1. The molecule has 0 aromatic heterocycles. The number of anilines is 2. The molecule has 2 aromatic carbocycles. The number of nitrogens with one attached hydrogen (secondary N) is 1. The van der Waals surface area contributed by atoms with E-state index >= 15 is 0 Å². The van der Waals surface area contributed by atoms with E-state index in [9.17, 15) is 13.2 Å². The summed E-state index contributed by atoms with van der Waals surface area (Å²) in [5.41, 5.74) is 7.09. The van der Waals surface area contributed by atoms with Crippen LogP contribution in [0.25, 0.3) is 0 Å². The van der Waals surface area contributed by atoms with Crippen molar-refractivity contribution < 1.29 is 13.2 Å². The van der Waals surface area contributed by atoms with Gasteiger partial charge in [-0.3, -0.25) is 0 Å². The number of alkyl halides is 3. The van der Waals surface area contributed by atoms with Crippen LogP contribution < -0.4 is 11.1 Å². The Bertz CT molecular complexity index is 576. The molecule has 0 saturated carbocycles. The summed E-state index contributed by atoms with van der Waals surface area (Å²) in [5.74, 6) is 0. The second kappa shape index (κ2) is 5.45. The summed E-state index contributed by atoms with van der Waals surface area (Å²) < 4.78 is 37.4. The molecule has 3 N–H and O–H groups in total. The van der Waals surface area contributed by atoms with Crippen molar-refractivity contribution in [3.63, 3.8) is 0 Å². The highest BCUT2D eigenvalue weighted by molar-refractivity contribution is 5.48. The minimum absolute atomic E-state index is 0.0661. The molecule has 0 saturated heterocycles. The van der Waals surface area contributed by atoms with Crippen LogP contribution >= 0.6 is 0 Å². The summed E-state index contributed by atoms with van der Waals surface area (Å²) in [4.78, 5) is 0. The molecule has 2 nitrogen and oxygen atoms in total. The summed E-state index contributed by atoms with van der Waals surface area (Å²) in [7, 11) is 0. The Morgan fingerprint density at radius 3 is 2.35 bits per heavy atom. The van der Waals surface area contributed by atoms with Gasteiger partial charge in [-0.15, -0.1) is 0 Å². The average molecular weight is 279 g/mol. The van der Waals surface area contributed by atoms with Crippen LogP contribution in [0.5, 0.6) is 0 Å². The maximum absolute atomic E-state index is 12.5. The molecule has 5 heteroatoms. The fraction of sp³-hybridized carbons (Fsp3) is 0.200. The van der Waals surface area contributed by atoms with Crippen molar-refractivity contribution in [2.75, 3.05) is 11.1 Å². The standard InChI is InChI=1S/C15H14F3N2/c1-10(11-3-2-4-13(19)9-11)20-14-7-5-12(6-8-14)15(16,17)18/h2-3,5-10,20H,19H2,1H3. The maximum Gasteiger partial charge on any atom is 0.416 e. The topological polar surface area (TPSA) is 38.0 Å². The van der Waals surface area contributed by atoms with Gasteiger partial charge in [0.2, 0.25) is 0 Å². The van der Waals surface area contributed by atoms with Gasteiger partial charge in [0.1, 0.15) is 0 Å². The van der Waals surface area contributed by atoms with Gasteiger partial charge >= 0.3 is 6.18 Å². The van der Waals surface area contributed by atoms with Crippen LogP contribution in [-0.2, 0) is 6.18 Å². The third kappa shape index (κ3) is 3.44.